The number of fused-ring (bicyclic) bond motifs is 1. The van der Waals surface area contributed by atoms with Crippen molar-refractivity contribution < 1.29 is 4.79 Å². The standard InChI is InChI=1S/C15H22N6OS/c16-9-14-18-11(10-23-14)15(22)17-7-4-6-13-20-19-12-5-2-1-3-8-21(12)13/h10H,1-9,16H2,(H,17,22). The van der Waals surface area contributed by atoms with Gasteiger partial charge in [0.25, 0.3) is 5.91 Å². The van der Waals surface area contributed by atoms with Gasteiger partial charge in [-0.05, 0) is 19.3 Å². The number of hydrogen-bond donors (Lipinski definition) is 2. The summed E-state index contributed by atoms with van der Waals surface area (Å²) in [7, 11) is 0. The van der Waals surface area contributed by atoms with Crippen molar-refractivity contribution >= 4 is 17.2 Å². The first-order chi connectivity index (χ1) is 11.3. The Balaban J connectivity index is 1.46. The monoisotopic (exact) mass is 334 g/mol. The lowest BCUT2D eigenvalue weighted by Crippen LogP contribution is -2.25. The molecule has 0 fully saturated rings. The Labute approximate surface area is 139 Å². The normalized spacial score (nSPS) is 14.3. The third-order valence-corrected chi connectivity index (χ3v) is 4.88. The van der Waals surface area contributed by atoms with Gasteiger partial charge in [-0.15, -0.1) is 21.5 Å². The number of carbonyl (C=O) groups is 1. The van der Waals surface area contributed by atoms with Gasteiger partial charge in [0.15, 0.2) is 0 Å². The fourth-order valence-electron chi connectivity index (χ4n) is 2.78. The number of nitrogens with one attached hydrogen (secondary N) is 1. The molecule has 0 bridgehead atoms. The Morgan fingerprint density at radius 2 is 2.26 bits per heavy atom. The molecule has 0 radical (unpaired) electrons. The lowest BCUT2D eigenvalue weighted by molar-refractivity contribution is 0.0948. The van der Waals surface area contributed by atoms with Crippen molar-refractivity contribution in [3.63, 3.8) is 0 Å². The summed E-state index contributed by atoms with van der Waals surface area (Å²) in [6.07, 6.45) is 6.36. The Hall–Kier alpha value is -1.80. The molecule has 0 atom stereocenters. The van der Waals surface area contributed by atoms with Gasteiger partial charge in [-0.3, -0.25) is 4.79 Å². The van der Waals surface area contributed by atoms with E-state index < -0.39 is 0 Å². The third-order valence-electron chi connectivity index (χ3n) is 4.01. The van der Waals surface area contributed by atoms with Gasteiger partial charge in [0, 0.05) is 37.9 Å². The van der Waals surface area contributed by atoms with Crippen LogP contribution < -0.4 is 11.1 Å². The summed E-state index contributed by atoms with van der Waals surface area (Å²) in [5.41, 5.74) is 5.96. The van der Waals surface area contributed by atoms with Crippen molar-refractivity contribution in [2.45, 2.75) is 51.6 Å². The van der Waals surface area contributed by atoms with Crippen LogP contribution in [0.4, 0.5) is 0 Å². The minimum Gasteiger partial charge on any atom is -0.351 e. The Kier molecular flexibility index (Phi) is 5.35. The average Bonchev–Trinajstić information content (AvgIpc) is 3.13. The highest BCUT2D eigenvalue weighted by Crippen LogP contribution is 2.15. The Morgan fingerprint density at radius 1 is 1.35 bits per heavy atom. The highest BCUT2D eigenvalue weighted by Gasteiger charge is 2.14. The van der Waals surface area contributed by atoms with Gasteiger partial charge in [0.2, 0.25) is 0 Å². The van der Waals surface area contributed by atoms with Gasteiger partial charge in [-0.1, -0.05) is 6.42 Å². The molecule has 3 heterocycles. The summed E-state index contributed by atoms with van der Waals surface area (Å²) in [5.74, 6) is 2.01. The molecule has 1 aliphatic heterocycles. The highest BCUT2D eigenvalue weighted by atomic mass is 32.1. The summed E-state index contributed by atoms with van der Waals surface area (Å²) in [6, 6.07) is 0. The Morgan fingerprint density at radius 3 is 3.09 bits per heavy atom. The van der Waals surface area contributed by atoms with Crippen molar-refractivity contribution in [1.29, 1.82) is 0 Å². The molecule has 0 aliphatic carbocycles. The molecule has 8 heteroatoms. The zero-order chi connectivity index (χ0) is 16.1. The van der Waals surface area contributed by atoms with Gasteiger partial charge < -0.3 is 15.6 Å². The number of amides is 1. The predicted octanol–water partition coefficient (Wildman–Crippen LogP) is 1.28. The van der Waals surface area contributed by atoms with E-state index in [9.17, 15) is 4.79 Å². The number of nitrogens with zero attached hydrogens (tertiary/aromatic N) is 4. The second kappa shape index (κ2) is 7.65. The zero-order valence-electron chi connectivity index (χ0n) is 13.1. The minimum atomic E-state index is -0.138. The van der Waals surface area contributed by atoms with Crippen molar-refractivity contribution in [2.75, 3.05) is 6.54 Å². The maximum atomic E-state index is 12.0. The van der Waals surface area contributed by atoms with Crippen LogP contribution in [-0.4, -0.2) is 32.2 Å². The minimum absolute atomic E-state index is 0.138. The van der Waals surface area contributed by atoms with Crippen LogP contribution in [0.25, 0.3) is 0 Å². The fraction of sp³-hybridized carbons (Fsp3) is 0.600. The lowest BCUT2D eigenvalue weighted by atomic mass is 10.2. The first-order valence-corrected chi connectivity index (χ1v) is 8.99. The van der Waals surface area contributed by atoms with E-state index in [-0.39, 0.29) is 5.91 Å². The van der Waals surface area contributed by atoms with Crippen LogP contribution in [0.2, 0.25) is 0 Å². The maximum Gasteiger partial charge on any atom is 0.270 e. The lowest BCUT2D eigenvalue weighted by Gasteiger charge is -2.07. The Bertz CT molecular complexity index is 665. The van der Waals surface area contributed by atoms with Crippen LogP contribution in [0.15, 0.2) is 5.38 Å². The second-order valence-corrected chi connectivity index (χ2v) is 6.63. The van der Waals surface area contributed by atoms with E-state index in [1.165, 1.54) is 30.6 Å². The number of carbonyl (C=O) groups excluding carboxylic acids is 1. The number of rotatable bonds is 6. The van der Waals surface area contributed by atoms with Crippen molar-refractivity contribution in [3.05, 3.63) is 27.7 Å². The van der Waals surface area contributed by atoms with E-state index >= 15 is 0 Å². The second-order valence-electron chi connectivity index (χ2n) is 5.68. The molecule has 1 amide bonds. The van der Waals surface area contributed by atoms with E-state index in [4.69, 9.17) is 5.73 Å². The molecule has 3 rings (SSSR count). The van der Waals surface area contributed by atoms with Gasteiger partial charge in [0.1, 0.15) is 22.4 Å². The van der Waals surface area contributed by atoms with Gasteiger partial charge in [-0.2, -0.15) is 0 Å². The molecule has 23 heavy (non-hydrogen) atoms. The summed E-state index contributed by atoms with van der Waals surface area (Å²) >= 11 is 1.41. The largest absolute Gasteiger partial charge is 0.351 e. The highest BCUT2D eigenvalue weighted by molar-refractivity contribution is 7.09. The van der Waals surface area contributed by atoms with Crippen LogP contribution in [0.1, 0.15) is 52.8 Å². The number of thiazole rings is 1. The number of aryl methyl sites for hydroxylation is 2. The third kappa shape index (κ3) is 3.94. The number of nitrogens with two attached hydrogens (primary N) is 1. The van der Waals surface area contributed by atoms with Gasteiger partial charge in [-0.25, -0.2) is 4.98 Å². The predicted molar refractivity (Wildman–Crippen MR) is 88.2 cm³/mol. The molecule has 0 spiro atoms. The smallest absolute Gasteiger partial charge is 0.270 e. The molecule has 3 N–H and O–H groups in total. The van der Waals surface area contributed by atoms with E-state index in [1.54, 1.807) is 5.38 Å². The first-order valence-electron chi connectivity index (χ1n) is 8.11. The van der Waals surface area contributed by atoms with Gasteiger partial charge in [0.05, 0.1) is 0 Å². The maximum absolute atomic E-state index is 12.0. The average molecular weight is 334 g/mol. The summed E-state index contributed by atoms with van der Waals surface area (Å²) < 4.78 is 2.25. The van der Waals surface area contributed by atoms with Gasteiger partial charge >= 0.3 is 0 Å². The van der Waals surface area contributed by atoms with Crippen LogP contribution in [0, 0.1) is 0 Å². The molecule has 124 valence electrons. The van der Waals surface area contributed by atoms with Crippen LogP contribution >= 0.6 is 11.3 Å². The molecule has 2 aromatic heterocycles. The molecule has 1 aliphatic rings. The topological polar surface area (TPSA) is 98.7 Å². The summed E-state index contributed by atoms with van der Waals surface area (Å²) in [5, 5.41) is 14.0. The van der Waals surface area contributed by atoms with Crippen molar-refractivity contribution in [2.24, 2.45) is 5.73 Å². The van der Waals surface area contributed by atoms with E-state index in [1.807, 2.05) is 0 Å². The molecule has 0 unspecified atom stereocenters. The zero-order valence-corrected chi connectivity index (χ0v) is 13.9. The first kappa shape index (κ1) is 16.1. The van der Waals surface area contributed by atoms with Crippen molar-refractivity contribution in [1.82, 2.24) is 25.1 Å². The molecule has 0 saturated carbocycles. The molecular weight excluding hydrogens is 312 g/mol. The van der Waals surface area contributed by atoms with Crippen LogP contribution in [-0.2, 0) is 25.9 Å². The molecule has 0 saturated heterocycles. The molecule has 0 aromatic carbocycles. The molecule has 7 nitrogen and oxygen atoms in total. The van der Waals surface area contributed by atoms with E-state index in [0.717, 1.165) is 42.5 Å². The fourth-order valence-corrected chi connectivity index (χ4v) is 3.43. The quantitative estimate of drug-likeness (QED) is 0.776. The summed E-state index contributed by atoms with van der Waals surface area (Å²) in [4.78, 5) is 16.2. The number of aromatic nitrogens is 4. The summed E-state index contributed by atoms with van der Waals surface area (Å²) in [6.45, 7) is 2.00. The number of hydrogen-bond acceptors (Lipinski definition) is 6. The molecule has 2 aromatic rings. The van der Waals surface area contributed by atoms with E-state index in [2.05, 4.69) is 25.1 Å². The van der Waals surface area contributed by atoms with Crippen LogP contribution in [0.3, 0.4) is 0 Å². The molecular formula is C15H22N6OS. The van der Waals surface area contributed by atoms with Crippen molar-refractivity contribution in [3.8, 4) is 0 Å². The van der Waals surface area contributed by atoms with Crippen LogP contribution in [0.5, 0.6) is 0 Å². The SMILES string of the molecule is NCc1nc(C(=O)NCCCc2nnc3n2CCCCC3)cs1. The van der Waals surface area contributed by atoms with E-state index in [0.29, 0.717) is 18.8 Å².